The number of thiocarbonyl (C=S) groups is 1. The lowest BCUT2D eigenvalue weighted by Crippen LogP contribution is -2.70. The first kappa shape index (κ1) is 18.1. The van der Waals surface area contributed by atoms with Crippen LogP contribution in [0, 0.1) is 0 Å². The zero-order valence-electron chi connectivity index (χ0n) is 12.5. The van der Waals surface area contributed by atoms with Crippen molar-refractivity contribution in [3.63, 3.8) is 0 Å². The van der Waals surface area contributed by atoms with Crippen LogP contribution in [0.5, 0.6) is 0 Å². The highest BCUT2D eigenvalue weighted by Crippen LogP contribution is 2.40. The molecular formula is C13H16N2O5S3. The number of nitrogens with one attached hydrogen (secondary N) is 1. The van der Waals surface area contributed by atoms with Crippen LogP contribution in [-0.2, 0) is 19.1 Å². The fraction of sp³-hybridized carbons (Fsp3) is 0.538. The normalized spacial score (nSPS) is 23.0. The van der Waals surface area contributed by atoms with E-state index in [1.54, 1.807) is 11.8 Å². The highest BCUT2D eigenvalue weighted by molar-refractivity contribution is 8.00. The Balaban J connectivity index is 2.14. The van der Waals surface area contributed by atoms with Gasteiger partial charge < -0.3 is 15.2 Å². The maximum absolute atomic E-state index is 12.3. The molecule has 0 saturated carbocycles. The third-order valence-corrected chi connectivity index (χ3v) is 5.65. The summed E-state index contributed by atoms with van der Waals surface area (Å²) >= 11 is 8.13. The number of esters is 1. The van der Waals surface area contributed by atoms with E-state index in [0.29, 0.717) is 22.1 Å². The van der Waals surface area contributed by atoms with Crippen LogP contribution in [-0.4, -0.2) is 68.6 Å². The molecule has 1 saturated heterocycles. The van der Waals surface area contributed by atoms with Crippen LogP contribution in [0.25, 0.3) is 0 Å². The van der Waals surface area contributed by atoms with Crippen molar-refractivity contribution >= 4 is 58.6 Å². The summed E-state index contributed by atoms with van der Waals surface area (Å²) in [6, 6.07) is -0.510. The van der Waals surface area contributed by atoms with Crippen molar-refractivity contribution in [1.29, 1.82) is 0 Å². The van der Waals surface area contributed by atoms with Crippen molar-refractivity contribution in [2.75, 3.05) is 24.4 Å². The summed E-state index contributed by atoms with van der Waals surface area (Å²) < 4.78 is 4.88. The van der Waals surface area contributed by atoms with Gasteiger partial charge in [0.2, 0.25) is 0 Å². The molecule has 2 atom stereocenters. The predicted molar refractivity (Wildman–Crippen MR) is 92.3 cm³/mol. The van der Waals surface area contributed by atoms with Gasteiger partial charge in [-0.2, -0.15) is 11.8 Å². The van der Waals surface area contributed by atoms with Gasteiger partial charge in [-0.3, -0.25) is 14.5 Å². The van der Waals surface area contributed by atoms with Gasteiger partial charge in [-0.25, -0.2) is 4.79 Å². The third-order valence-electron chi connectivity index (χ3n) is 3.29. The van der Waals surface area contributed by atoms with Crippen LogP contribution in [0.15, 0.2) is 11.3 Å². The van der Waals surface area contributed by atoms with Gasteiger partial charge in [-0.05, 0) is 6.26 Å². The number of β-lactam (4-membered cyclic amide) rings is 1. The van der Waals surface area contributed by atoms with Crippen LogP contribution in [0.4, 0.5) is 0 Å². The molecule has 10 heteroatoms. The number of carboxylic acid groups (broad SMARTS) is 1. The highest BCUT2D eigenvalue weighted by Gasteiger charge is 2.53. The number of hydrogen-bond acceptors (Lipinski definition) is 7. The van der Waals surface area contributed by atoms with Crippen LogP contribution in [0.1, 0.15) is 6.92 Å². The first-order valence-corrected chi connectivity index (χ1v) is 9.53. The van der Waals surface area contributed by atoms with E-state index in [-0.39, 0.29) is 23.6 Å². The van der Waals surface area contributed by atoms with Crippen LogP contribution >= 0.6 is 35.7 Å². The summed E-state index contributed by atoms with van der Waals surface area (Å²) in [7, 11) is 0. The Labute approximate surface area is 147 Å². The van der Waals surface area contributed by atoms with Crippen LogP contribution in [0.3, 0.4) is 0 Å². The molecular weight excluding hydrogens is 360 g/mol. The van der Waals surface area contributed by atoms with Gasteiger partial charge in [0.05, 0.1) is 4.99 Å². The van der Waals surface area contributed by atoms with E-state index >= 15 is 0 Å². The Bertz CT molecular complexity index is 592. The van der Waals surface area contributed by atoms with E-state index in [1.807, 2.05) is 6.26 Å². The molecule has 2 aliphatic rings. The summed E-state index contributed by atoms with van der Waals surface area (Å²) in [6.07, 6.45) is 1.91. The van der Waals surface area contributed by atoms with Crippen molar-refractivity contribution in [2.45, 2.75) is 18.3 Å². The highest BCUT2D eigenvalue weighted by atomic mass is 32.2. The standard InChI is InChI=1S/C13H16N2O5S3/c1-6(16)20-3-7-4-23-12-9(14-8(21)5-22-2)11(17)15(12)10(7)13(18)19/h9,12H,3-5H2,1-2H3,(H,14,21)(H,18,19)/t9-,12-/m1/s1. The minimum absolute atomic E-state index is 0.0890. The monoisotopic (exact) mass is 376 g/mol. The molecule has 2 N–H and O–H groups in total. The number of aliphatic carboxylic acids is 1. The summed E-state index contributed by atoms with van der Waals surface area (Å²) in [6.45, 7) is 1.13. The Hall–Kier alpha value is -1.26. The number of fused-ring (bicyclic) bond motifs is 1. The van der Waals surface area contributed by atoms with Crippen LogP contribution in [0.2, 0.25) is 0 Å². The van der Waals surface area contributed by atoms with Gasteiger partial charge in [-0.15, -0.1) is 11.8 Å². The van der Waals surface area contributed by atoms with Gasteiger partial charge in [0, 0.05) is 24.0 Å². The number of hydrogen-bond donors (Lipinski definition) is 2. The average Bonchev–Trinajstić information content (AvgIpc) is 2.49. The van der Waals surface area contributed by atoms with Gasteiger partial charge in [0.1, 0.15) is 23.7 Å². The molecule has 23 heavy (non-hydrogen) atoms. The van der Waals surface area contributed by atoms with Crippen LogP contribution < -0.4 is 5.32 Å². The number of carbonyl (C=O) groups excluding carboxylic acids is 2. The van der Waals surface area contributed by atoms with Gasteiger partial charge in [-0.1, -0.05) is 12.2 Å². The molecule has 0 unspecified atom stereocenters. The fourth-order valence-electron chi connectivity index (χ4n) is 2.33. The molecule has 0 bridgehead atoms. The summed E-state index contributed by atoms with van der Waals surface area (Å²) in [5.41, 5.74) is 0.335. The lowest BCUT2D eigenvalue weighted by molar-refractivity contribution is -0.148. The minimum Gasteiger partial charge on any atom is -0.477 e. The zero-order chi connectivity index (χ0) is 17.1. The first-order chi connectivity index (χ1) is 10.9. The van der Waals surface area contributed by atoms with E-state index in [4.69, 9.17) is 17.0 Å². The Morgan fingerprint density at radius 2 is 2.26 bits per heavy atom. The topological polar surface area (TPSA) is 95.9 Å². The molecule has 2 aliphatic heterocycles. The van der Waals surface area contributed by atoms with Crippen molar-refractivity contribution in [2.24, 2.45) is 0 Å². The molecule has 2 rings (SSSR count). The Kier molecular flexibility index (Phi) is 5.93. The van der Waals surface area contributed by atoms with Gasteiger partial charge >= 0.3 is 11.9 Å². The maximum Gasteiger partial charge on any atom is 0.352 e. The smallest absolute Gasteiger partial charge is 0.352 e. The summed E-state index contributed by atoms with van der Waals surface area (Å²) in [5.74, 6) is -1.03. The number of nitrogens with zero attached hydrogens (tertiary/aromatic N) is 1. The van der Waals surface area contributed by atoms with Gasteiger partial charge in [0.15, 0.2) is 0 Å². The molecule has 0 spiro atoms. The lowest BCUT2D eigenvalue weighted by atomic mass is 10.0. The van der Waals surface area contributed by atoms with Crippen molar-refractivity contribution in [3.8, 4) is 0 Å². The molecule has 0 aromatic rings. The number of thioether (sulfide) groups is 2. The molecule has 7 nitrogen and oxygen atoms in total. The third kappa shape index (κ3) is 3.81. The molecule has 1 amide bonds. The second-order valence-electron chi connectivity index (χ2n) is 4.93. The second kappa shape index (κ2) is 7.54. The second-order valence-corrected chi connectivity index (χ2v) is 7.39. The molecule has 126 valence electrons. The maximum atomic E-state index is 12.3. The number of carboxylic acids is 1. The van der Waals surface area contributed by atoms with E-state index in [0.717, 1.165) is 0 Å². The minimum atomic E-state index is -1.20. The molecule has 0 aliphatic carbocycles. The number of rotatable bonds is 6. The van der Waals surface area contributed by atoms with Crippen molar-refractivity contribution in [3.05, 3.63) is 11.3 Å². The SMILES string of the molecule is CSCC(=S)N[C@@H]1C(=O)N2C(C(=O)O)=C(COC(C)=O)CS[C@H]12. The van der Waals surface area contributed by atoms with Gasteiger partial charge in [0.25, 0.3) is 5.91 Å². The Morgan fingerprint density at radius 3 is 2.83 bits per heavy atom. The molecule has 0 aromatic carbocycles. The largest absolute Gasteiger partial charge is 0.477 e. The molecule has 0 radical (unpaired) electrons. The average molecular weight is 376 g/mol. The zero-order valence-corrected chi connectivity index (χ0v) is 15.0. The molecule has 2 heterocycles. The van der Waals surface area contributed by atoms with E-state index in [9.17, 15) is 19.5 Å². The number of ether oxygens (including phenoxy) is 1. The number of carbonyl (C=O) groups is 3. The molecule has 1 fully saturated rings. The predicted octanol–water partition coefficient (Wildman–Crippen LogP) is 0.452. The molecule has 0 aromatic heterocycles. The van der Waals surface area contributed by atoms with E-state index in [2.05, 4.69) is 5.32 Å². The van der Waals surface area contributed by atoms with E-state index in [1.165, 1.54) is 23.6 Å². The Morgan fingerprint density at radius 1 is 1.57 bits per heavy atom. The van der Waals surface area contributed by atoms with Crippen molar-refractivity contribution in [1.82, 2.24) is 10.2 Å². The quantitative estimate of drug-likeness (QED) is 0.389. The van der Waals surface area contributed by atoms with E-state index < -0.39 is 18.0 Å². The number of amides is 1. The fourth-order valence-corrected chi connectivity index (χ4v) is 4.48. The lowest BCUT2D eigenvalue weighted by Gasteiger charge is -2.49. The summed E-state index contributed by atoms with van der Waals surface area (Å²) in [4.78, 5) is 36.6. The van der Waals surface area contributed by atoms with Crippen molar-refractivity contribution < 1.29 is 24.2 Å². The summed E-state index contributed by atoms with van der Waals surface area (Å²) in [5, 5.41) is 12.1. The first-order valence-electron chi connectivity index (χ1n) is 6.68.